The molecule has 152 valence electrons. The number of sulfone groups is 1. The van der Waals surface area contributed by atoms with E-state index in [2.05, 4.69) is 15.3 Å². The minimum Gasteiger partial charge on any atom is -0.365 e. The van der Waals surface area contributed by atoms with Crippen LogP contribution < -0.4 is 5.32 Å². The first-order valence-electron chi connectivity index (χ1n) is 8.80. The van der Waals surface area contributed by atoms with Gasteiger partial charge >= 0.3 is 6.18 Å². The quantitative estimate of drug-likeness (QED) is 0.820. The molecule has 0 amide bonds. The van der Waals surface area contributed by atoms with Gasteiger partial charge in [0.1, 0.15) is 11.9 Å². The van der Waals surface area contributed by atoms with Gasteiger partial charge in [-0.15, -0.1) is 0 Å². The Morgan fingerprint density at radius 2 is 1.79 bits per heavy atom. The van der Waals surface area contributed by atoms with Crippen molar-refractivity contribution in [3.63, 3.8) is 0 Å². The second kappa shape index (κ2) is 6.65. The molecule has 2 aliphatic heterocycles. The second-order valence-corrected chi connectivity index (χ2v) is 9.27. The SMILES string of the molecule is CC1N=Cc2c(-c3ccc(C(F)(F)F)cc3)cnc(NC3CS(=O)(=O)C3)c2C1=O. The van der Waals surface area contributed by atoms with Crippen LogP contribution in [0.25, 0.3) is 11.1 Å². The third-order valence-electron chi connectivity index (χ3n) is 4.95. The molecule has 0 aliphatic carbocycles. The molecule has 1 unspecified atom stereocenters. The minimum atomic E-state index is -4.44. The Labute approximate surface area is 164 Å². The zero-order valence-corrected chi connectivity index (χ0v) is 16.0. The Balaban J connectivity index is 1.76. The summed E-state index contributed by atoms with van der Waals surface area (Å²) in [6.07, 6.45) is -1.48. The molecule has 10 heteroatoms. The van der Waals surface area contributed by atoms with Crippen molar-refractivity contribution < 1.29 is 26.4 Å². The number of hydrogen-bond acceptors (Lipinski definition) is 6. The summed E-state index contributed by atoms with van der Waals surface area (Å²) >= 11 is 0. The van der Waals surface area contributed by atoms with Crippen LogP contribution in [0.4, 0.5) is 19.0 Å². The Morgan fingerprint density at radius 1 is 1.14 bits per heavy atom. The van der Waals surface area contributed by atoms with Gasteiger partial charge in [-0.05, 0) is 24.6 Å². The number of Topliss-reactive ketones (excluding diaryl/α,β-unsaturated/α-hetero) is 1. The highest BCUT2D eigenvalue weighted by Gasteiger charge is 2.36. The molecule has 1 N–H and O–H groups in total. The number of anilines is 1. The predicted molar refractivity (Wildman–Crippen MR) is 102 cm³/mol. The molecular weight excluding hydrogens is 407 g/mol. The smallest absolute Gasteiger partial charge is 0.365 e. The number of fused-ring (bicyclic) bond motifs is 1. The van der Waals surface area contributed by atoms with Crippen molar-refractivity contribution in [3.8, 4) is 11.1 Å². The van der Waals surface area contributed by atoms with Crippen LogP contribution in [0.3, 0.4) is 0 Å². The third-order valence-corrected chi connectivity index (χ3v) is 6.77. The van der Waals surface area contributed by atoms with E-state index < -0.39 is 27.6 Å². The van der Waals surface area contributed by atoms with Gasteiger partial charge in [-0.3, -0.25) is 9.79 Å². The summed E-state index contributed by atoms with van der Waals surface area (Å²) in [5.41, 5.74) is 0.894. The van der Waals surface area contributed by atoms with Crippen molar-refractivity contribution in [2.75, 3.05) is 16.8 Å². The summed E-state index contributed by atoms with van der Waals surface area (Å²) < 4.78 is 61.3. The summed E-state index contributed by atoms with van der Waals surface area (Å²) in [7, 11) is -3.06. The highest BCUT2D eigenvalue weighted by Crippen LogP contribution is 2.35. The molecular formula is C19H16F3N3O3S. The van der Waals surface area contributed by atoms with Gasteiger partial charge < -0.3 is 5.32 Å². The van der Waals surface area contributed by atoms with Crippen LogP contribution in [0.15, 0.2) is 35.5 Å². The van der Waals surface area contributed by atoms with Gasteiger partial charge in [-0.2, -0.15) is 13.2 Å². The molecule has 1 fully saturated rings. The first-order chi connectivity index (χ1) is 13.5. The van der Waals surface area contributed by atoms with Crippen LogP contribution in [0.2, 0.25) is 0 Å². The van der Waals surface area contributed by atoms with E-state index in [1.54, 1.807) is 6.92 Å². The van der Waals surface area contributed by atoms with E-state index in [1.807, 2.05) is 0 Å². The molecule has 1 aromatic carbocycles. The average Bonchev–Trinajstić information content (AvgIpc) is 2.62. The number of nitrogens with one attached hydrogen (secondary N) is 1. The maximum atomic E-state index is 12.8. The lowest BCUT2D eigenvalue weighted by Crippen LogP contribution is -2.47. The van der Waals surface area contributed by atoms with E-state index in [-0.39, 0.29) is 34.7 Å². The number of rotatable bonds is 3. The summed E-state index contributed by atoms with van der Waals surface area (Å²) in [6, 6.07) is 3.62. The van der Waals surface area contributed by atoms with Crippen LogP contribution in [0.1, 0.15) is 28.4 Å². The van der Waals surface area contributed by atoms with Crippen molar-refractivity contribution in [2.45, 2.75) is 25.2 Å². The average molecular weight is 423 g/mol. The topological polar surface area (TPSA) is 88.5 Å². The number of nitrogens with zero attached hydrogens (tertiary/aromatic N) is 2. The fraction of sp³-hybridized carbons (Fsp3) is 0.316. The number of carbonyl (C=O) groups is 1. The fourth-order valence-electron chi connectivity index (χ4n) is 3.39. The lowest BCUT2D eigenvalue weighted by atomic mass is 9.91. The van der Waals surface area contributed by atoms with Crippen molar-refractivity contribution >= 4 is 27.7 Å². The van der Waals surface area contributed by atoms with Crippen LogP contribution in [-0.2, 0) is 16.0 Å². The van der Waals surface area contributed by atoms with E-state index in [9.17, 15) is 26.4 Å². The van der Waals surface area contributed by atoms with Crippen LogP contribution in [0, 0.1) is 0 Å². The molecule has 2 aliphatic rings. The zero-order chi connectivity index (χ0) is 21.0. The molecule has 3 heterocycles. The van der Waals surface area contributed by atoms with Gasteiger partial charge in [0, 0.05) is 23.5 Å². The number of benzene rings is 1. The minimum absolute atomic E-state index is 0.0397. The van der Waals surface area contributed by atoms with Crippen molar-refractivity contribution in [1.82, 2.24) is 4.98 Å². The number of aromatic nitrogens is 1. The maximum absolute atomic E-state index is 12.8. The van der Waals surface area contributed by atoms with E-state index in [4.69, 9.17) is 0 Å². The number of halogens is 3. The standard InChI is InChI=1S/C19H16F3N3O3S/c1-10-17(26)16-15(7-23-10)14(11-2-4-12(5-3-11)19(20,21)22)6-24-18(16)25-13-8-29(27,28)9-13/h2-7,10,13H,8-9H2,1H3,(H,24,25). The number of hydrogen-bond donors (Lipinski definition) is 1. The maximum Gasteiger partial charge on any atom is 0.416 e. The van der Waals surface area contributed by atoms with Gasteiger partial charge in [0.05, 0.1) is 28.7 Å². The third kappa shape index (κ3) is 3.64. The van der Waals surface area contributed by atoms with E-state index in [0.29, 0.717) is 16.7 Å². The first kappa shape index (κ1) is 19.6. The van der Waals surface area contributed by atoms with Crippen LogP contribution in [0.5, 0.6) is 0 Å². The molecule has 1 saturated heterocycles. The van der Waals surface area contributed by atoms with Crippen LogP contribution >= 0.6 is 0 Å². The molecule has 0 saturated carbocycles. The van der Waals surface area contributed by atoms with Crippen LogP contribution in [-0.4, -0.2) is 49.0 Å². The van der Waals surface area contributed by atoms with E-state index >= 15 is 0 Å². The van der Waals surface area contributed by atoms with Gasteiger partial charge in [-0.25, -0.2) is 13.4 Å². The number of carbonyl (C=O) groups excluding carboxylic acids is 1. The molecule has 29 heavy (non-hydrogen) atoms. The normalized spacial score (nSPS) is 20.8. The Kier molecular flexibility index (Phi) is 4.49. The number of aliphatic imine (C=N–C) groups is 1. The van der Waals surface area contributed by atoms with Crippen molar-refractivity contribution in [1.29, 1.82) is 0 Å². The molecule has 0 bridgehead atoms. The van der Waals surface area contributed by atoms with Gasteiger partial charge in [0.2, 0.25) is 0 Å². The molecule has 2 aromatic rings. The number of ketones is 1. The fourth-order valence-corrected chi connectivity index (χ4v) is 4.69. The largest absolute Gasteiger partial charge is 0.416 e. The summed E-state index contributed by atoms with van der Waals surface area (Å²) in [5, 5.41) is 3.00. The lowest BCUT2D eigenvalue weighted by molar-refractivity contribution is -0.137. The first-order valence-corrected chi connectivity index (χ1v) is 10.6. The van der Waals surface area contributed by atoms with E-state index in [0.717, 1.165) is 12.1 Å². The zero-order valence-electron chi connectivity index (χ0n) is 15.2. The highest BCUT2D eigenvalue weighted by molar-refractivity contribution is 7.92. The predicted octanol–water partition coefficient (Wildman–Crippen LogP) is 2.98. The summed E-state index contributed by atoms with van der Waals surface area (Å²) in [6.45, 7) is 1.63. The lowest BCUT2D eigenvalue weighted by Gasteiger charge is -2.29. The van der Waals surface area contributed by atoms with E-state index in [1.165, 1.54) is 24.5 Å². The number of alkyl halides is 3. The Bertz CT molecular complexity index is 1110. The molecule has 0 spiro atoms. The molecule has 0 radical (unpaired) electrons. The number of pyridine rings is 1. The van der Waals surface area contributed by atoms with Gasteiger partial charge in [0.15, 0.2) is 15.6 Å². The Hall–Kier alpha value is -2.75. The molecule has 1 atom stereocenters. The highest BCUT2D eigenvalue weighted by atomic mass is 32.2. The monoisotopic (exact) mass is 423 g/mol. The second-order valence-electron chi connectivity index (χ2n) is 7.12. The molecule has 6 nitrogen and oxygen atoms in total. The summed E-state index contributed by atoms with van der Waals surface area (Å²) in [5.74, 6) is -0.101. The summed E-state index contributed by atoms with van der Waals surface area (Å²) in [4.78, 5) is 21.2. The molecule has 4 rings (SSSR count). The van der Waals surface area contributed by atoms with Crippen molar-refractivity contribution in [3.05, 3.63) is 47.2 Å². The van der Waals surface area contributed by atoms with Gasteiger partial charge in [0.25, 0.3) is 0 Å². The van der Waals surface area contributed by atoms with Gasteiger partial charge in [-0.1, -0.05) is 12.1 Å². The Morgan fingerprint density at radius 3 is 2.38 bits per heavy atom. The molecule has 1 aromatic heterocycles. The van der Waals surface area contributed by atoms with Crippen molar-refractivity contribution in [2.24, 2.45) is 4.99 Å².